The molecule has 1 aliphatic heterocycles. The smallest absolute Gasteiger partial charge is 0.325 e. The Bertz CT molecular complexity index is 1140. The molecule has 1 unspecified atom stereocenters. The van der Waals surface area contributed by atoms with Gasteiger partial charge in [0.1, 0.15) is 12.1 Å². The number of aromatic nitrogens is 2. The van der Waals surface area contributed by atoms with Gasteiger partial charge in [0.25, 0.3) is 11.6 Å². The highest BCUT2D eigenvalue weighted by Crippen LogP contribution is 2.30. The molecule has 0 bridgehead atoms. The van der Waals surface area contributed by atoms with Crippen LogP contribution in [-0.2, 0) is 16.9 Å². The van der Waals surface area contributed by atoms with E-state index in [1.54, 1.807) is 31.2 Å². The van der Waals surface area contributed by atoms with Gasteiger partial charge in [0, 0.05) is 22.7 Å². The Kier molecular flexibility index (Phi) is 4.70. The first-order chi connectivity index (χ1) is 14.3. The fourth-order valence-electron chi connectivity index (χ4n) is 3.12. The van der Waals surface area contributed by atoms with Crippen LogP contribution >= 0.6 is 11.6 Å². The van der Waals surface area contributed by atoms with Crippen molar-refractivity contribution in [1.82, 2.24) is 20.4 Å². The summed E-state index contributed by atoms with van der Waals surface area (Å²) in [4.78, 5) is 40.8. The van der Waals surface area contributed by atoms with E-state index >= 15 is 0 Å². The van der Waals surface area contributed by atoms with E-state index in [-0.39, 0.29) is 23.9 Å². The van der Waals surface area contributed by atoms with Crippen molar-refractivity contribution >= 4 is 29.2 Å². The molecule has 2 aromatic carbocycles. The molecule has 11 heteroatoms. The lowest BCUT2D eigenvalue weighted by molar-refractivity contribution is -0.384. The van der Waals surface area contributed by atoms with Gasteiger partial charge in [0.15, 0.2) is 0 Å². The SMILES string of the molecule is CC1(c2ccc(Cl)cc2)NC(=O)N(Cc2nc(-c3ccc([N+](=O)[O-])cc3)no2)C1=O. The lowest BCUT2D eigenvalue weighted by Crippen LogP contribution is -2.40. The van der Waals surface area contributed by atoms with Crippen molar-refractivity contribution in [2.45, 2.75) is 19.0 Å². The second-order valence-electron chi connectivity index (χ2n) is 6.77. The third kappa shape index (κ3) is 3.37. The lowest BCUT2D eigenvalue weighted by atomic mass is 9.92. The zero-order chi connectivity index (χ0) is 21.5. The van der Waals surface area contributed by atoms with E-state index in [2.05, 4.69) is 15.5 Å². The number of nitro groups is 1. The minimum atomic E-state index is -1.25. The molecule has 1 saturated heterocycles. The summed E-state index contributed by atoms with van der Waals surface area (Å²) in [5.74, 6) is -0.232. The normalized spacial score (nSPS) is 18.5. The quantitative estimate of drug-likeness (QED) is 0.375. The number of non-ortho nitro benzene ring substituents is 1. The number of amides is 3. The summed E-state index contributed by atoms with van der Waals surface area (Å²) >= 11 is 5.90. The number of nitro benzene ring substituents is 1. The van der Waals surface area contributed by atoms with Gasteiger partial charge in [0.2, 0.25) is 11.7 Å². The maximum Gasteiger partial charge on any atom is 0.325 e. The number of carbonyl (C=O) groups is 2. The number of imide groups is 1. The molecule has 30 heavy (non-hydrogen) atoms. The van der Waals surface area contributed by atoms with E-state index < -0.39 is 22.4 Å². The van der Waals surface area contributed by atoms with Crippen LogP contribution in [0, 0.1) is 10.1 Å². The van der Waals surface area contributed by atoms with Crippen molar-refractivity contribution in [2.75, 3.05) is 0 Å². The van der Waals surface area contributed by atoms with Crippen LogP contribution in [-0.4, -0.2) is 31.9 Å². The van der Waals surface area contributed by atoms with Gasteiger partial charge >= 0.3 is 6.03 Å². The van der Waals surface area contributed by atoms with Crippen molar-refractivity contribution in [3.05, 3.63) is 75.1 Å². The van der Waals surface area contributed by atoms with E-state index in [4.69, 9.17) is 16.1 Å². The number of urea groups is 1. The number of hydrogen-bond acceptors (Lipinski definition) is 7. The highest BCUT2D eigenvalue weighted by Gasteiger charge is 2.49. The van der Waals surface area contributed by atoms with E-state index in [0.717, 1.165) is 4.90 Å². The van der Waals surface area contributed by atoms with Crippen LogP contribution in [0.4, 0.5) is 10.5 Å². The Morgan fingerprint density at radius 2 is 1.83 bits per heavy atom. The Labute approximate surface area is 174 Å². The summed E-state index contributed by atoms with van der Waals surface area (Å²) in [5, 5.41) is 17.8. The van der Waals surface area contributed by atoms with E-state index in [1.165, 1.54) is 24.3 Å². The van der Waals surface area contributed by atoms with E-state index in [0.29, 0.717) is 16.1 Å². The van der Waals surface area contributed by atoms with E-state index in [1.807, 2.05) is 0 Å². The first kappa shape index (κ1) is 19.5. The molecule has 1 N–H and O–H groups in total. The Morgan fingerprint density at radius 1 is 1.17 bits per heavy atom. The number of rotatable bonds is 5. The van der Waals surface area contributed by atoms with Crippen LogP contribution in [0.2, 0.25) is 5.02 Å². The molecule has 2 heterocycles. The van der Waals surface area contributed by atoms with Gasteiger partial charge in [-0.25, -0.2) is 4.79 Å². The summed E-state index contributed by atoms with van der Waals surface area (Å²) in [5.41, 5.74) is -0.227. The molecule has 3 aromatic rings. The fraction of sp³-hybridized carbons (Fsp3) is 0.158. The third-order valence-corrected chi connectivity index (χ3v) is 5.05. The number of benzene rings is 2. The van der Waals surface area contributed by atoms with Crippen molar-refractivity contribution in [2.24, 2.45) is 0 Å². The maximum atomic E-state index is 13.0. The third-order valence-electron chi connectivity index (χ3n) is 4.79. The monoisotopic (exact) mass is 427 g/mol. The molecule has 1 fully saturated rings. The van der Waals surface area contributed by atoms with E-state index in [9.17, 15) is 19.7 Å². The van der Waals surface area contributed by atoms with Crippen molar-refractivity contribution in [3.63, 3.8) is 0 Å². The summed E-state index contributed by atoms with van der Waals surface area (Å²) in [6.45, 7) is 1.39. The molecule has 1 aliphatic rings. The second kappa shape index (κ2) is 7.23. The average Bonchev–Trinajstić information content (AvgIpc) is 3.28. The minimum absolute atomic E-state index is 0.0483. The largest absolute Gasteiger partial charge is 0.337 e. The molecular formula is C19H14ClN5O5. The molecule has 10 nitrogen and oxygen atoms in total. The number of nitrogens with one attached hydrogen (secondary N) is 1. The molecule has 3 amide bonds. The predicted octanol–water partition coefficient (Wildman–Crippen LogP) is 3.27. The lowest BCUT2D eigenvalue weighted by Gasteiger charge is -2.22. The molecule has 1 aromatic heterocycles. The number of nitrogens with zero attached hydrogens (tertiary/aromatic N) is 4. The Balaban J connectivity index is 1.53. The van der Waals surface area contributed by atoms with Crippen molar-refractivity contribution in [1.29, 1.82) is 0 Å². The Morgan fingerprint density at radius 3 is 2.47 bits per heavy atom. The standard InChI is InChI=1S/C19H14ClN5O5/c1-19(12-4-6-13(20)7-5-12)17(26)24(18(27)22-19)10-15-21-16(23-30-15)11-2-8-14(9-3-11)25(28)29/h2-9H,10H2,1H3,(H,22,27). The van der Waals surface area contributed by atoms with Crippen LogP contribution in [0.25, 0.3) is 11.4 Å². The van der Waals surface area contributed by atoms with Crippen LogP contribution in [0.1, 0.15) is 18.4 Å². The summed E-state index contributed by atoms with van der Waals surface area (Å²) in [6.07, 6.45) is 0. The molecule has 0 spiro atoms. The van der Waals surface area contributed by atoms with Gasteiger partial charge in [-0.05, 0) is 36.8 Å². The molecule has 4 rings (SSSR count). The topological polar surface area (TPSA) is 131 Å². The number of carbonyl (C=O) groups excluding carboxylic acids is 2. The highest BCUT2D eigenvalue weighted by molar-refractivity contribution is 6.30. The molecule has 0 radical (unpaired) electrons. The van der Waals surface area contributed by atoms with Gasteiger partial charge in [-0.2, -0.15) is 4.98 Å². The first-order valence-corrected chi connectivity index (χ1v) is 9.13. The van der Waals surface area contributed by atoms with Gasteiger partial charge < -0.3 is 9.84 Å². The zero-order valence-electron chi connectivity index (χ0n) is 15.5. The van der Waals surface area contributed by atoms with Crippen LogP contribution in [0.5, 0.6) is 0 Å². The summed E-state index contributed by atoms with van der Waals surface area (Å²) in [6, 6.07) is 11.6. The molecule has 0 saturated carbocycles. The minimum Gasteiger partial charge on any atom is -0.337 e. The second-order valence-corrected chi connectivity index (χ2v) is 7.21. The Hall–Kier alpha value is -3.79. The van der Waals surface area contributed by atoms with Crippen LogP contribution in [0.15, 0.2) is 53.1 Å². The predicted molar refractivity (Wildman–Crippen MR) is 104 cm³/mol. The average molecular weight is 428 g/mol. The van der Waals surface area contributed by atoms with Crippen LogP contribution < -0.4 is 5.32 Å². The highest BCUT2D eigenvalue weighted by atomic mass is 35.5. The molecule has 1 atom stereocenters. The molecule has 0 aliphatic carbocycles. The zero-order valence-corrected chi connectivity index (χ0v) is 16.3. The maximum absolute atomic E-state index is 13.0. The van der Waals surface area contributed by atoms with Gasteiger partial charge in [-0.3, -0.25) is 19.8 Å². The van der Waals surface area contributed by atoms with Crippen molar-refractivity contribution in [3.8, 4) is 11.4 Å². The molecular weight excluding hydrogens is 414 g/mol. The van der Waals surface area contributed by atoms with Gasteiger partial charge in [0.05, 0.1) is 4.92 Å². The first-order valence-electron chi connectivity index (χ1n) is 8.75. The fourth-order valence-corrected chi connectivity index (χ4v) is 3.25. The van der Waals surface area contributed by atoms with Crippen LogP contribution in [0.3, 0.4) is 0 Å². The molecule has 152 valence electrons. The number of halogens is 1. The van der Waals surface area contributed by atoms with Crippen molar-refractivity contribution < 1.29 is 19.0 Å². The summed E-state index contributed by atoms with van der Waals surface area (Å²) in [7, 11) is 0. The number of hydrogen-bond donors (Lipinski definition) is 1. The van der Waals surface area contributed by atoms with Gasteiger partial charge in [-0.15, -0.1) is 0 Å². The summed E-state index contributed by atoms with van der Waals surface area (Å²) < 4.78 is 5.16. The van der Waals surface area contributed by atoms with Gasteiger partial charge in [-0.1, -0.05) is 28.9 Å².